The first-order valence-corrected chi connectivity index (χ1v) is 15.4. The summed E-state index contributed by atoms with van der Waals surface area (Å²) in [6.45, 7) is 3.64. The molecule has 0 aliphatic carbocycles. The quantitative estimate of drug-likeness (QED) is 0.285. The number of rotatable bonds is 13. The average molecular weight is 606 g/mol. The van der Waals surface area contributed by atoms with Crippen LogP contribution in [0.4, 0.5) is 14.5 Å². The van der Waals surface area contributed by atoms with Crippen molar-refractivity contribution in [2.24, 2.45) is 0 Å². The second kappa shape index (κ2) is 14.4. The van der Waals surface area contributed by atoms with Crippen LogP contribution in [0, 0.1) is 11.6 Å². The van der Waals surface area contributed by atoms with E-state index in [0.29, 0.717) is 5.02 Å². The van der Waals surface area contributed by atoms with Gasteiger partial charge in [0, 0.05) is 43.1 Å². The lowest BCUT2D eigenvalue weighted by molar-refractivity contribution is -0.141. The molecule has 11 heteroatoms. The second-order valence-corrected chi connectivity index (χ2v) is 12.4. The van der Waals surface area contributed by atoms with Crippen LogP contribution in [-0.4, -0.2) is 50.0 Å². The minimum atomic E-state index is -3.86. The van der Waals surface area contributed by atoms with E-state index in [1.807, 2.05) is 44.2 Å². The Morgan fingerprint density at radius 2 is 1.59 bits per heavy atom. The van der Waals surface area contributed by atoms with Gasteiger partial charge < -0.3 is 10.2 Å². The summed E-state index contributed by atoms with van der Waals surface area (Å²) in [5.74, 6) is -2.95. The van der Waals surface area contributed by atoms with Crippen molar-refractivity contribution in [1.82, 2.24) is 10.2 Å². The molecule has 0 bridgehead atoms. The first-order valence-electron chi connectivity index (χ1n) is 13.2. The molecule has 220 valence electrons. The summed E-state index contributed by atoms with van der Waals surface area (Å²) < 4.78 is 53.1. The molecule has 0 fully saturated rings. The summed E-state index contributed by atoms with van der Waals surface area (Å²) in [6, 6.07) is 18.1. The van der Waals surface area contributed by atoms with Gasteiger partial charge in [-0.2, -0.15) is 0 Å². The van der Waals surface area contributed by atoms with Gasteiger partial charge in [-0.25, -0.2) is 17.2 Å². The zero-order valence-electron chi connectivity index (χ0n) is 23.2. The van der Waals surface area contributed by atoms with Crippen LogP contribution in [0.2, 0.25) is 5.02 Å². The van der Waals surface area contributed by atoms with E-state index < -0.39 is 27.7 Å². The van der Waals surface area contributed by atoms with Crippen molar-refractivity contribution in [3.05, 3.63) is 101 Å². The third-order valence-corrected chi connectivity index (χ3v) is 7.76. The molecule has 0 heterocycles. The van der Waals surface area contributed by atoms with Crippen LogP contribution >= 0.6 is 11.6 Å². The highest BCUT2D eigenvalue weighted by Gasteiger charge is 2.31. The fourth-order valence-electron chi connectivity index (χ4n) is 4.37. The molecule has 1 N–H and O–H groups in total. The van der Waals surface area contributed by atoms with Crippen LogP contribution < -0.4 is 9.62 Å². The van der Waals surface area contributed by atoms with Gasteiger partial charge in [0.1, 0.15) is 6.04 Å². The molecular weight excluding hydrogens is 572 g/mol. The minimum Gasteiger partial charge on any atom is -0.352 e. The van der Waals surface area contributed by atoms with Crippen LogP contribution in [0.5, 0.6) is 0 Å². The van der Waals surface area contributed by atoms with Crippen molar-refractivity contribution in [2.45, 2.75) is 51.7 Å². The van der Waals surface area contributed by atoms with Gasteiger partial charge in [-0.05, 0) is 55.7 Å². The molecule has 2 amide bonds. The molecule has 0 saturated heterocycles. The monoisotopic (exact) mass is 605 g/mol. The van der Waals surface area contributed by atoms with Gasteiger partial charge in [-0.15, -0.1) is 0 Å². The number of benzene rings is 3. The summed E-state index contributed by atoms with van der Waals surface area (Å²) in [5.41, 5.74) is 1.58. The zero-order valence-corrected chi connectivity index (χ0v) is 24.8. The smallest absolute Gasteiger partial charge is 0.243 e. The molecule has 41 heavy (non-hydrogen) atoms. The summed E-state index contributed by atoms with van der Waals surface area (Å²) in [5, 5.41) is 3.44. The fraction of sp³-hybridized carbons (Fsp3) is 0.333. The molecule has 0 radical (unpaired) electrons. The highest BCUT2D eigenvalue weighted by Crippen LogP contribution is 2.22. The topological polar surface area (TPSA) is 86.8 Å². The predicted molar refractivity (Wildman–Crippen MR) is 157 cm³/mol. The molecule has 0 aliphatic heterocycles. The standard InChI is InChI=1S/C30H34ClF2N3O4S/c1-21(2)34-30(38)28(18-22-8-5-4-6-9-22)35(20-23-11-13-24(31)14-12-23)29(37)10-7-17-36(41(3,39)40)25-15-16-26(32)27(33)19-25/h4-6,8-9,11-16,19,21,28H,7,10,17-18,20H2,1-3H3,(H,34,38). The molecule has 0 aromatic heterocycles. The minimum absolute atomic E-state index is 0.0462. The van der Waals surface area contributed by atoms with Crippen LogP contribution in [0.1, 0.15) is 37.8 Å². The lowest BCUT2D eigenvalue weighted by atomic mass is 10.0. The molecule has 1 atom stereocenters. The number of carbonyl (C=O) groups excluding carboxylic acids is 2. The molecular formula is C30H34ClF2N3O4S. The van der Waals surface area contributed by atoms with Crippen molar-refractivity contribution in [1.29, 1.82) is 0 Å². The number of amides is 2. The summed E-state index contributed by atoms with van der Waals surface area (Å²) >= 11 is 6.05. The van der Waals surface area contributed by atoms with E-state index in [4.69, 9.17) is 11.6 Å². The zero-order chi connectivity index (χ0) is 30.2. The van der Waals surface area contributed by atoms with Crippen molar-refractivity contribution in [3.63, 3.8) is 0 Å². The van der Waals surface area contributed by atoms with Gasteiger partial charge >= 0.3 is 0 Å². The average Bonchev–Trinajstić information content (AvgIpc) is 2.90. The lowest BCUT2D eigenvalue weighted by Gasteiger charge is -2.32. The molecule has 0 aliphatic rings. The van der Waals surface area contributed by atoms with Gasteiger partial charge in [0.2, 0.25) is 21.8 Å². The number of hydrogen-bond donors (Lipinski definition) is 1. The Labute approximate surface area is 245 Å². The number of anilines is 1. The summed E-state index contributed by atoms with van der Waals surface area (Å²) in [7, 11) is -3.86. The van der Waals surface area contributed by atoms with E-state index in [1.54, 1.807) is 24.3 Å². The first-order chi connectivity index (χ1) is 19.3. The van der Waals surface area contributed by atoms with E-state index in [2.05, 4.69) is 5.32 Å². The third kappa shape index (κ3) is 9.54. The van der Waals surface area contributed by atoms with Crippen molar-refractivity contribution < 1.29 is 26.8 Å². The Kier molecular flexibility index (Phi) is 11.3. The summed E-state index contributed by atoms with van der Waals surface area (Å²) in [6.07, 6.45) is 1.20. The Hall–Kier alpha value is -3.50. The van der Waals surface area contributed by atoms with E-state index in [-0.39, 0.29) is 55.9 Å². The van der Waals surface area contributed by atoms with Crippen molar-refractivity contribution in [3.8, 4) is 0 Å². The predicted octanol–water partition coefficient (Wildman–Crippen LogP) is 5.33. The molecule has 1 unspecified atom stereocenters. The van der Waals surface area contributed by atoms with Gasteiger partial charge in [0.05, 0.1) is 11.9 Å². The molecule has 3 aromatic rings. The fourth-order valence-corrected chi connectivity index (χ4v) is 5.45. The number of halogens is 3. The van der Waals surface area contributed by atoms with Gasteiger partial charge in [0.25, 0.3) is 0 Å². The molecule has 0 spiro atoms. The van der Waals surface area contributed by atoms with E-state index in [0.717, 1.165) is 33.8 Å². The highest BCUT2D eigenvalue weighted by atomic mass is 35.5. The second-order valence-electron chi connectivity index (χ2n) is 10.1. The molecule has 7 nitrogen and oxygen atoms in total. The van der Waals surface area contributed by atoms with Crippen LogP contribution in [0.25, 0.3) is 0 Å². The van der Waals surface area contributed by atoms with E-state index in [9.17, 15) is 26.8 Å². The lowest BCUT2D eigenvalue weighted by Crippen LogP contribution is -2.51. The number of nitrogens with one attached hydrogen (secondary N) is 1. The largest absolute Gasteiger partial charge is 0.352 e. The van der Waals surface area contributed by atoms with E-state index >= 15 is 0 Å². The molecule has 0 saturated carbocycles. The Balaban J connectivity index is 1.88. The van der Waals surface area contributed by atoms with Gasteiger partial charge in [-0.3, -0.25) is 13.9 Å². The van der Waals surface area contributed by atoms with E-state index in [1.165, 1.54) is 11.0 Å². The number of carbonyl (C=O) groups is 2. The third-order valence-electron chi connectivity index (χ3n) is 6.31. The van der Waals surface area contributed by atoms with Gasteiger partial charge in [0.15, 0.2) is 11.6 Å². The Morgan fingerprint density at radius 3 is 2.17 bits per heavy atom. The Bertz CT molecular complexity index is 1440. The van der Waals surface area contributed by atoms with Crippen LogP contribution in [0.3, 0.4) is 0 Å². The maximum atomic E-state index is 13.8. The van der Waals surface area contributed by atoms with Crippen LogP contribution in [-0.2, 0) is 32.6 Å². The Morgan fingerprint density at radius 1 is 0.927 bits per heavy atom. The highest BCUT2D eigenvalue weighted by molar-refractivity contribution is 7.92. The maximum Gasteiger partial charge on any atom is 0.243 e. The number of nitrogens with zero attached hydrogens (tertiary/aromatic N) is 2. The summed E-state index contributed by atoms with van der Waals surface area (Å²) in [4.78, 5) is 28.7. The van der Waals surface area contributed by atoms with Crippen LogP contribution in [0.15, 0.2) is 72.8 Å². The SMILES string of the molecule is CC(C)NC(=O)C(Cc1ccccc1)N(Cc1ccc(Cl)cc1)C(=O)CCCN(c1ccc(F)c(F)c1)S(C)(=O)=O. The maximum absolute atomic E-state index is 13.8. The van der Waals surface area contributed by atoms with Crippen molar-refractivity contribution in [2.75, 3.05) is 17.1 Å². The number of sulfonamides is 1. The molecule has 3 rings (SSSR count). The normalized spacial score (nSPS) is 12.2. The molecule has 3 aromatic carbocycles. The van der Waals surface area contributed by atoms with Gasteiger partial charge in [-0.1, -0.05) is 54.1 Å². The van der Waals surface area contributed by atoms with Crippen molar-refractivity contribution >= 4 is 39.1 Å². The number of hydrogen-bond acceptors (Lipinski definition) is 4. The first kappa shape index (κ1) is 32.0.